The van der Waals surface area contributed by atoms with Crippen LogP contribution in [0.5, 0.6) is 0 Å². The highest BCUT2D eigenvalue weighted by Crippen LogP contribution is 2.14. The van der Waals surface area contributed by atoms with E-state index in [1.807, 2.05) is 25.3 Å². The van der Waals surface area contributed by atoms with Gasteiger partial charge in [-0.15, -0.1) is 0 Å². The van der Waals surface area contributed by atoms with Gasteiger partial charge in [-0.3, -0.25) is 5.43 Å². The smallest absolute Gasteiger partial charge is 0.0669 e. The van der Waals surface area contributed by atoms with Crippen LogP contribution >= 0.6 is 0 Å². The van der Waals surface area contributed by atoms with E-state index in [9.17, 15) is 0 Å². The van der Waals surface area contributed by atoms with Crippen molar-refractivity contribution in [3.05, 3.63) is 52.8 Å². The molecule has 0 atom stereocenters. The quantitative estimate of drug-likeness (QED) is 0.623. The minimum Gasteiger partial charge on any atom is -0.364 e. The van der Waals surface area contributed by atoms with Crippen molar-refractivity contribution >= 4 is 11.4 Å². The van der Waals surface area contributed by atoms with E-state index < -0.39 is 0 Å². The molecule has 2 rings (SSSR count). The zero-order chi connectivity index (χ0) is 13.1. The van der Waals surface area contributed by atoms with Gasteiger partial charge in [0.25, 0.3) is 0 Å². The van der Waals surface area contributed by atoms with Crippen LogP contribution in [0.3, 0.4) is 0 Å². The lowest BCUT2D eigenvalue weighted by atomic mass is 10.1. The number of benzene rings is 1. The van der Waals surface area contributed by atoms with E-state index in [4.69, 9.17) is 0 Å². The van der Waals surface area contributed by atoms with Crippen LogP contribution < -0.4 is 5.43 Å². The average molecular weight is 241 g/mol. The summed E-state index contributed by atoms with van der Waals surface area (Å²) in [5.74, 6) is 0. The largest absolute Gasteiger partial charge is 0.364 e. The van der Waals surface area contributed by atoms with Crippen molar-refractivity contribution in [2.24, 2.45) is 5.10 Å². The Kier molecular flexibility index (Phi) is 3.51. The summed E-state index contributed by atoms with van der Waals surface area (Å²) in [7, 11) is 0. The van der Waals surface area contributed by atoms with Crippen molar-refractivity contribution in [1.29, 1.82) is 0 Å². The third-order valence-electron chi connectivity index (χ3n) is 3.01. The predicted molar refractivity (Wildman–Crippen MR) is 77.3 cm³/mol. The molecule has 0 radical (unpaired) electrons. The average Bonchev–Trinajstić information content (AvgIpc) is 2.66. The van der Waals surface area contributed by atoms with E-state index in [1.165, 1.54) is 16.7 Å². The van der Waals surface area contributed by atoms with Gasteiger partial charge in [-0.25, -0.2) is 0 Å². The molecular formula is C15H19N3. The van der Waals surface area contributed by atoms with E-state index >= 15 is 0 Å². The summed E-state index contributed by atoms with van der Waals surface area (Å²) in [6.45, 7) is 8.24. The number of nitrogens with zero attached hydrogens (tertiary/aromatic N) is 1. The number of hydrazone groups is 1. The number of rotatable bonds is 3. The standard InChI is InChI=1S/C15H19N3/c1-10-6-5-7-14(8-10)18-17-13(4)15-11(2)9-16-12(15)3/h5-9,16,18H,1-4H3/b17-13+. The van der Waals surface area contributed by atoms with Gasteiger partial charge in [0.05, 0.1) is 11.4 Å². The Morgan fingerprint density at radius 2 is 2.00 bits per heavy atom. The third kappa shape index (κ3) is 2.62. The molecule has 2 aromatic rings. The summed E-state index contributed by atoms with van der Waals surface area (Å²) in [5.41, 5.74) is 9.90. The van der Waals surface area contributed by atoms with E-state index in [-0.39, 0.29) is 0 Å². The van der Waals surface area contributed by atoms with Crippen LogP contribution in [0, 0.1) is 20.8 Å². The van der Waals surface area contributed by atoms with Gasteiger partial charge >= 0.3 is 0 Å². The lowest BCUT2D eigenvalue weighted by molar-refractivity contribution is 1.25. The Bertz CT molecular complexity index is 560. The highest BCUT2D eigenvalue weighted by atomic mass is 15.3. The molecule has 1 heterocycles. The maximum atomic E-state index is 4.45. The number of aromatic nitrogens is 1. The topological polar surface area (TPSA) is 40.2 Å². The Morgan fingerprint density at radius 1 is 1.22 bits per heavy atom. The predicted octanol–water partition coefficient (Wildman–Crippen LogP) is 3.78. The lowest BCUT2D eigenvalue weighted by Crippen LogP contribution is -2.02. The van der Waals surface area contributed by atoms with Crippen LogP contribution in [-0.4, -0.2) is 10.7 Å². The molecule has 3 nitrogen and oxygen atoms in total. The van der Waals surface area contributed by atoms with Crippen molar-refractivity contribution in [1.82, 2.24) is 4.98 Å². The third-order valence-corrected chi connectivity index (χ3v) is 3.01. The summed E-state index contributed by atoms with van der Waals surface area (Å²) in [5, 5.41) is 4.45. The van der Waals surface area contributed by atoms with Crippen LogP contribution in [-0.2, 0) is 0 Å². The highest BCUT2D eigenvalue weighted by molar-refractivity contribution is 6.01. The fourth-order valence-electron chi connectivity index (χ4n) is 2.13. The number of hydrogen-bond donors (Lipinski definition) is 2. The minimum atomic E-state index is 0.993. The van der Waals surface area contributed by atoms with Gasteiger partial charge in [0.2, 0.25) is 0 Å². The molecule has 0 aliphatic rings. The second kappa shape index (κ2) is 5.08. The lowest BCUT2D eigenvalue weighted by Gasteiger charge is -2.05. The first-order chi connectivity index (χ1) is 8.58. The molecule has 0 amide bonds. The fraction of sp³-hybridized carbons (Fsp3) is 0.267. The van der Waals surface area contributed by atoms with Crippen molar-refractivity contribution in [2.75, 3.05) is 5.43 Å². The van der Waals surface area contributed by atoms with Gasteiger partial charge in [-0.2, -0.15) is 5.10 Å². The molecule has 2 N–H and O–H groups in total. The number of aryl methyl sites for hydroxylation is 3. The zero-order valence-corrected chi connectivity index (χ0v) is 11.3. The molecule has 0 saturated carbocycles. The van der Waals surface area contributed by atoms with Crippen LogP contribution in [0.15, 0.2) is 35.6 Å². The van der Waals surface area contributed by atoms with Crippen LogP contribution in [0.4, 0.5) is 5.69 Å². The highest BCUT2D eigenvalue weighted by Gasteiger charge is 2.07. The van der Waals surface area contributed by atoms with E-state index in [0.29, 0.717) is 0 Å². The molecular weight excluding hydrogens is 222 g/mol. The Morgan fingerprint density at radius 3 is 2.61 bits per heavy atom. The summed E-state index contributed by atoms with van der Waals surface area (Å²) in [6, 6.07) is 8.19. The van der Waals surface area contributed by atoms with Gasteiger partial charge in [0.15, 0.2) is 0 Å². The van der Waals surface area contributed by atoms with Gasteiger partial charge in [0, 0.05) is 17.5 Å². The van der Waals surface area contributed by atoms with E-state index in [1.54, 1.807) is 0 Å². The molecule has 94 valence electrons. The van der Waals surface area contributed by atoms with Gasteiger partial charge in [-0.05, 0) is 51.0 Å². The summed E-state index contributed by atoms with van der Waals surface area (Å²) in [4.78, 5) is 3.22. The monoisotopic (exact) mass is 241 g/mol. The normalized spacial score (nSPS) is 11.7. The van der Waals surface area contributed by atoms with Gasteiger partial charge < -0.3 is 4.98 Å². The molecule has 0 fully saturated rings. The number of H-pyrrole nitrogens is 1. The van der Waals surface area contributed by atoms with Crippen LogP contribution in [0.2, 0.25) is 0 Å². The maximum Gasteiger partial charge on any atom is 0.0669 e. The second-order valence-corrected chi connectivity index (χ2v) is 4.65. The van der Waals surface area contributed by atoms with Crippen molar-refractivity contribution in [3.63, 3.8) is 0 Å². The van der Waals surface area contributed by atoms with Gasteiger partial charge in [-0.1, -0.05) is 12.1 Å². The first-order valence-corrected chi connectivity index (χ1v) is 6.10. The molecule has 0 aliphatic carbocycles. The molecule has 3 heteroatoms. The Hall–Kier alpha value is -2.03. The molecule has 0 unspecified atom stereocenters. The fourth-order valence-corrected chi connectivity index (χ4v) is 2.13. The zero-order valence-electron chi connectivity index (χ0n) is 11.3. The summed E-state index contributed by atoms with van der Waals surface area (Å²) in [6.07, 6.45) is 2.01. The van der Waals surface area contributed by atoms with Crippen molar-refractivity contribution in [3.8, 4) is 0 Å². The summed E-state index contributed by atoms with van der Waals surface area (Å²) >= 11 is 0. The molecule has 0 spiro atoms. The first-order valence-electron chi connectivity index (χ1n) is 6.10. The van der Waals surface area contributed by atoms with E-state index in [2.05, 4.69) is 48.4 Å². The first kappa shape index (κ1) is 12.4. The van der Waals surface area contributed by atoms with Crippen LogP contribution in [0.1, 0.15) is 29.3 Å². The Balaban J connectivity index is 2.20. The van der Waals surface area contributed by atoms with Crippen molar-refractivity contribution < 1.29 is 0 Å². The molecule has 1 aromatic heterocycles. The molecule has 0 aliphatic heterocycles. The van der Waals surface area contributed by atoms with E-state index in [0.717, 1.165) is 17.1 Å². The van der Waals surface area contributed by atoms with Gasteiger partial charge in [0.1, 0.15) is 0 Å². The molecule has 1 aromatic carbocycles. The molecule has 0 saturated heterocycles. The van der Waals surface area contributed by atoms with Crippen LogP contribution in [0.25, 0.3) is 0 Å². The second-order valence-electron chi connectivity index (χ2n) is 4.65. The SMILES string of the molecule is C/C(=N\Nc1cccc(C)c1)c1c(C)c[nH]c1C. The maximum absolute atomic E-state index is 4.45. The summed E-state index contributed by atoms with van der Waals surface area (Å²) < 4.78 is 0. The minimum absolute atomic E-state index is 0.993. The number of anilines is 1. The van der Waals surface area contributed by atoms with Crippen molar-refractivity contribution in [2.45, 2.75) is 27.7 Å². The number of hydrogen-bond acceptors (Lipinski definition) is 2. The Labute approximate surface area is 108 Å². The molecule has 0 bridgehead atoms. The number of aromatic amines is 1. The number of nitrogens with one attached hydrogen (secondary N) is 2. The molecule has 18 heavy (non-hydrogen) atoms.